The van der Waals surface area contributed by atoms with Gasteiger partial charge in [-0.3, -0.25) is 9.32 Å². The molecule has 0 saturated carbocycles. The van der Waals surface area contributed by atoms with Crippen molar-refractivity contribution in [2.45, 2.75) is 25.0 Å². The summed E-state index contributed by atoms with van der Waals surface area (Å²) in [5.74, 6) is -1.19. The van der Waals surface area contributed by atoms with E-state index in [0.717, 1.165) is 0 Å². The lowest BCUT2D eigenvalue weighted by molar-refractivity contribution is -0.138. The highest BCUT2D eigenvalue weighted by Gasteiger charge is 2.28. The molecule has 8 nitrogen and oxygen atoms in total. The van der Waals surface area contributed by atoms with Gasteiger partial charge in [0.15, 0.2) is 0 Å². The van der Waals surface area contributed by atoms with Gasteiger partial charge >= 0.3 is 13.8 Å². The molecule has 0 amide bonds. The molecule has 0 bridgehead atoms. The van der Waals surface area contributed by atoms with Crippen LogP contribution in [0, 0.1) is 0 Å². The number of rotatable bonds is 7. The minimum Gasteiger partial charge on any atom is -0.481 e. The Bertz CT molecular complexity index is 248. The van der Waals surface area contributed by atoms with Crippen LogP contribution in [0.5, 0.6) is 0 Å². The van der Waals surface area contributed by atoms with E-state index >= 15 is 0 Å². The number of aliphatic hydroxyl groups is 2. The van der Waals surface area contributed by atoms with E-state index in [1.54, 1.807) is 0 Å². The van der Waals surface area contributed by atoms with E-state index in [2.05, 4.69) is 4.52 Å². The van der Waals surface area contributed by atoms with Crippen molar-refractivity contribution in [1.82, 2.24) is 0 Å². The third kappa shape index (κ3) is 7.43. The Labute approximate surface area is 85.4 Å². The molecule has 15 heavy (non-hydrogen) atoms. The first-order valence-corrected chi connectivity index (χ1v) is 5.54. The van der Waals surface area contributed by atoms with Crippen molar-refractivity contribution in [3.63, 3.8) is 0 Å². The fourth-order valence-corrected chi connectivity index (χ4v) is 1.47. The largest absolute Gasteiger partial charge is 0.481 e. The van der Waals surface area contributed by atoms with Crippen LogP contribution in [0.4, 0.5) is 0 Å². The van der Waals surface area contributed by atoms with Gasteiger partial charge in [-0.1, -0.05) is 0 Å². The van der Waals surface area contributed by atoms with Crippen molar-refractivity contribution in [1.29, 1.82) is 0 Å². The number of hydrogen-bond donors (Lipinski definition) is 5. The summed E-state index contributed by atoms with van der Waals surface area (Å²) in [5, 5.41) is 25.9. The summed E-state index contributed by atoms with van der Waals surface area (Å²) in [6, 6.07) is 0. The normalized spacial score (nSPS) is 16.0. The van der Waals surface area contributed by atoms with Gasteiger partial charge in [0.05, 0.1) is 12.7 Å². The maximum Gasteiger partial charge on any atom is 0.469 e. The molecule has 90 valence electrons. The fraction of sp³-hybridized carbons (Fsp3) is 0.833. The molecule has 0 spiro atoms. The van der Waals surface area contributed by atoms with Gasteiger partial charge in [0.1, 0.15) is 6.10 Å². The van der Waals surface area contributed by atoms with Gasteiger partial charge in [-0.05, 0) is 6.42 Å². The molecular weight excluding hydrogens is 231 g/mol. The van der Waals surface area contributed by atoms with Gasteiger partial charge < -0.3 is 25.1 Å². The zero-order chi connectivity index (χ0) is 12.1. The second-order valence-electron chi connectivity index (χ2n) is 2.82. The highest BCUT2D eigenvalue weighted by molar-refractivity contribution is 7.46. The molecule has 0 aliphatic rings. The van der Waals surface area contributed by atoms with Crippen LogP contribution in [0.2, 0.25) is 0 Å². The standard InChI is InChI=1S/C6H13O8P/c7-3-4(8)5(1-2-6(9)10)14-15(11,12)13/h4-5,7-8H,1-3H2,(H,9,10)(H2,11,12,13)/t4-,5+/m1/s1. The zero-order valence-corrected chi connectivity index (χ0v) is 8.58. The van der Waals surface area contributed by atoms with E-state index in [4.69, 9.17) is 25.1 Å². The number of aliphatic carboxylic acids is 1. The molecule has 0 unspecified atom stereocenters. The number of carbonyl (C=O) groups is 1. The van der Waals surface area contributed by atoms with Crippen LogP contribution in [-0.4, -0.2) is 49.9 Å². The Morgan fingerprint density at radius 3 is 2.27 bits per heavy atom. The minimum absolute atomic E-state index is 0.303. The summed E-state index contributed by atoms with van der Waals surface area (Å²) in [6.45, 7) is -0.774. The highest BCUT2D eigenvalue weighted by Crippen LogP contribution is 2.39. The van der Waals surface area contributed by atoms with E-state index in [-0.39, 0.29) is 6.42 Å². The van der Waals surface area contributed by atoms with E-state index in [1.165, 1.54) is 0 Å². The van der Waals surface area contributed by atoms with Crippen molar-refractivity contribution in [3.05, 3.63) is 0 Å². The molecule has 5 N–H and O–H groups in total. The number of hydrogen-bond acceptors (Lipinski definition) is 5. The Balaban J connectivity index is 4.31. The van der Waals surface area contributed by atoms with Crippen molar-refractivity contribution in [3.8, 4) is 0 Å². The third-order valence-corrected chi connectivity index (χ3v) is 2.08. The van der Waals surface area contributed by atoms with Crippen LogP contribution in [0.1, 0.15) is 12.8 Å². The quantitative estimate of drug-likeness (QED) is 0.347. The molecule has 0 aromatic carbocycles. The second-order valence-corrected chi connectivity index (χ2v) is 4.01. The molecule has 0 heterocycles. The van der Waals surface area contributed by atoms with Gasteiger partial charge in [-0.25, -0.2) is 4.57 Å². The van der Waals surface area contributed by atoms with Crippen molar-refractivity contribution in [2.75, 3.05) is 6.61 Å². The summed E-state index contributed by atoms with van der Waals surface area (Å²) in [6.07, 6.45) is -3.67. The number of phosphoric ester groups is 1. The monoisotopic (exact) mass is 244 g/mol. The fourth-order valence-electron chi connectivity index (χ4n) is 0.875. The summed E-state index contributed by atoms with van der Waals surface area (Å²) in [5.41, 5.74) is 0. The number of carboxylic acid groups (broad SMARTS) is 1. The Morgan fingerprint density at radius 2 is 1.93 bits per heavy atom. The van der Waals surface area contributed by atoms with E-state index in [0.29, 0.717) is 0 Å². The van der Waals surface area contributed by atoms with E-state index in [1.807, 2.05) is 0 Å². The molecule has 2 atom stereocenters. The molecule has 0 aliphatic heterocycles. The lowest BCUT2D eigenvalue weighted by Gasteiger charge is -2.21. The number of carboxylic acids is 1. The van der Waals surface area contributed by atoms with Gasteiger partial charge in [0.25, 0.3) is 0 Å². The first kappa shape index (κ1) is 14.5. The Morgan fingerprint density at radius 1 is 1.40 bits per heavy atom. The van der Waals surface area contributed by atoms with Gasteiger partial charge in [0.2, 0.25) is 0 Å². The smallest absolute Gasteiger partial charge is 0.469 e. The van der Waals surface area contributed by atoms with Crippen LogP contribution in [0.3, 0.4) is 0 Å². The maximum absolute atomic E-state index is 10.4. The SMILES string of the molecule is O=C(O)CC[C@H](OP(=O)(O)O)[C@H](O)CO. The van der Waals surface area contributed by atoms with Crippen LogP contribution in [0.15, 0.2) is 0 Å². The highest BCUT2D eigenvalue weighted by atomic mass is 31.2. The molecule has 0 aliphatic carbocycles. The van der Waals surface area contributed by atoms with Gasteiger partial charge in [-0.2, -0.15) is 0 Å². The van der Waals surface area contributed by atoms with Gasteiger partial charge in [0, 0.05) is 6.42 Å². The predicted octanol–water partition coefficient (Wildman–Crippen LogP) is -1.32. The first-order valence-electron chi connectivity index (χ1n) is 4.01. The van der Waals surface area contributed by atoms with Crippen LogP contribution < -0.4 is 0 Å². The molecular formula is C6H13O8P. The van der Waals surface area contributed by atoms with Gasteiger partial charge in [-0.15, -0.1) is 0 Å². The van der Waals surface area contributed by atoms with Crippen molar-refractivity contribution in [2.24, 2.45) is 0 Å². The molecule has 0 aromatic heterocycles. The van der Waals surface area contributed by atoms with Crippen LogP contribution in [0.25, 0.3) is 0 Å². The lowest BCUT2D eigenvalue weighted by atomic mass is 10.1. The molecule has 0 rings (SSSR count). The summed E-state index contributed by atoms with van der Waals surface area (Å²) in [4.78, 5) is 27.1. The summed E-state index contributed by atoms with van der Waals surface area (Å²) in [7, 11) is -4.81. The Hall–Kier alpha value is -0.500. The van der Waals surface area contributed by atoms with Crippen molar-refractivity contribution < 1.29 is 39.0 Å². The maximum atomic E-state index is 10.4. The third-order valence-electron chi connectivity index (χ3n) is 1.53. The molecule has 0 saturated heterocycles. The molecule has 0 fully saturated rings. The summed E-state index contributed by atoms with van der Waals surface area (Å²) < 4.78 is 14.6. The van der Waals surface area contributed by atoms with Crippen LogP contribution in [-0.2, 0) is 13.9 Å². The van der Waals surface area contributed by atoms with E-state index < -0.39 is 39.0 Å². The van der Waals surface area contributed by atoms with E-state index in [9.17, 15) is 9.36 Å². The molecule has 0 aromatic rings. The lowest BCUT2D eigenvalue weighted by Crippen LogP contribution is -2.31. The average Bonchev–Trinajstić information content (AvgIpc) is 2.08. The predicted molar refractivity (Wildman–Crippen MR) is 46.9 cm³/mol. The minimum atomic E-state index is -4.81. The summed E-state index contributed by atoms with van der Waals surface area (Å²) >= 11 is 0. The molecule has 0 radical (unpaired) electrons. The average molecular weight is 244 g/mol. The second kappa shape index (κ2) is 6.16. The van der Waals surface area contributed by atoms with Crippen molar-refractivity contribution >= 4 is 13.8 Å². The number of aliphatic hydroxyl groups excluding tert-OH is 2. The Kier molecular flexibility index (Phi) is 5.96. The first-order chi connectivity index (χ1) is 6.76. The number of phosphoric acid groups is 1. The topological polar surface area (TPSA) is 145 Å². The zero-order valence-electron chi connectivity index (χ0n) is 7.68. The molecule has 9 heteroatoms. The van der Waals surface area contributed by atoms with Crippen LogP contribution >= 0.6 is 7.82 Å².